The van der Waals surface area contributed by atoms with E-state index in [1.54, 1.807) is 31.2 Å². The molecule has 1 heterocycles. The van der Waals surface area contributed by atoms with Gasteiger partial charge >= 0.3 is 0 Å². The van der Waals surface area contributed by atoms with Crippen LogP contribution in [-0.2, 0) is 14.9 Å². The molecule has 2 rings (SSSR count). The molecule has 1 aliphatic heterocycles. The molecule has 9 heteroatoms. The van der Waals surface area contributed by atoms with Gasteiger partial charge in [0.15, 0.2) is 0 Å². The van der Waals surface area contributed by atoms with Crippen LogP contribution in [0.4, 0.5) is 0 Å². The van der Waals surface area contributed by atoms with Crippen LogP contribution in [0.25, 0.3) is 5.57 Å². The molecule has 0 aliphatic carbocycles. The van der Waals surface area contributed by atoms with Crippen molar-refractivity contribution in [2.45, 2.75) is 6.92 Å². The normalized spacial score (nSPS) is 18.0. The average Bonchev–Trinajstić information content (AvgIpc) is 2.71. The first-order valence-electron chi connectivity index (χ1n) is 6.14. The van der Waals surface area contributed by atoms with Gasteiger partial charge in [-0.25, -0.2) is 0 Å². The second-order valence-corrected chi connectivity index (χ2v) is 8.22. The lowest BCUT2D eigenvalue weighted by molar-refractivity contribution is -0.121. The Morgan fingerprint density at radius 3 is 2.50 bits per heavy atom. The van der Waals surface area contributed by atoms with Crippen LogP contribution in [0.3, 0.4) is 0 Å². The lowest BCUT2D eigenvalue weighted by atomic mass is 10.1. The van der Waals surface area contributed by atoms with Crippen LogP contribution in [0, 0.1) is 0 Å². The van der Waals surface area contributed by atoms with Crippen molar-refractivity contribution in [2.24, 2.45) is 0 Å². The van der Waals surface area contributed by atoms with E-state index in [-0.39, 0.29) is 16.8 Å². The van der Waals surface area contributed by atoms with Crippen molar-refractivity contribution >= 4 is 61.5 Å². The summed E-state index contributed by atoms with van der Waals surface area (Å²) in [6.07, 6.45) is 0. The SMILES string of the molecule is CC(=C1SC(=S)N(CCS(=O)(=O)O)C1=O)c1ccc(Cl)cc1. The van der Waals surface area contributed by atoms with Gasteiger partial charge in [-0.1, -0.05) is 47.7 Å². The number of carbonyl (C=O) groups is 1. The van der Waals surface area contributed by atoms with Crippen LogP contribution in [0.1, 0.15) is 12.5 Å². The monoisotopic (exact) mass is 377 g/mol. The topological polar surface area (TPSA) is 74.7 Å². The minimum atomic E-state index is -4.15. The molecule has 0 unspecified atom stereocenters. The van der Waals surface area contributed by atoms with Crippen molar-refractivity contribution in [2.75, 3.05) is 12.3 Å². The molecular formula is C13H12ClNO4S3. The van der Waals surface area contributed by atoms with Gasteiger partial charge in [0.25, 0.3) is 16.0 Å². The van der Waals surface area contributed by atoms with Gasteiger partial charge in [0.2, 0.25) is 0 Å². The zero-order valence-electron chi connectivity index (χ0n) is 11.4. The predicted molar refractivity (Wildman–Crippen MR) is 92.4 cm³/mol. The fraction of sp³-hybridized carbons (Fsp3) is 0.231. The highest BCUT2D eigenvalue weighted by molar-refractivity contribution is 8.26. The van der Waals surface area contributed by atoms with E-state index in [1.165, 1.54) is 4.90 Å². The standard InChI is InChI=1S/C13H12ClNO4S3/c1-8(9-2-4-10(14)5-3-9)11-12(16)15(13(20)21-11)6-7-22(17,18)19/h2-5H,6-7H2,1H3,(H,17,18,19). The Labute approximate surface area is 143 Å². The molecule has 5 nitrogen and oxygen atoms in total. The number of nitrogens with zero attached hydrogens (tertiary/aromatic N) is 1. The third-order valence-corrected chi connectivity index (χ3v) is 5.54. The maximum Gasteiger partial charge on any atom is 0.266 e. The number of amides is 1. The zero-order chi connectivity index (χ0) is 16.5. The van der Waals surface area contributed by atoms with E-state index in [9.17, 15) is 13.2 Å². The molecule has 0 radical (unpaired) electrons. The largest absolute Gasteiger partial charge is 0.292 e. The third kappa shape index (κ3) is 4.08. The summed E-state index contributed by atoms with van der Waals surface area (Å²) >= 11 is 12.1. The van der Waals surface area contributed by atoms with Gasteiger partial charge < -0.3 is 0 Å². The summed E-state index contributed by atoms with van der Waals surface area (Å²) in [5, 5.41) is 0.595. The minimum absolute atomic E-state index is 0.166. The highest BCUT2D eigenvalue weighted by atomic mass is 35.5. The van der Waals surface area contributed by atoms with Crippen LogP contribution in [-0.4, -0.2) is 40.4 Å². The molecule has 0 saturated carbocycles. The molecule has 1 aromatic carbocycles. The van der Waals surface area contributed by atoms with Crippen molar-refractivity contribution < 1.29 is 17.8 Å². The fourth-order valence-corrected chi connectivity index (χ4v) is 3.75. The van der Waals surface area contributed by atoms with Gasteiger partial charge in [-0.3, -0.25) is 14.2 Å². The van der Waals surface area contributed by atoms with Crippen LogP contribution < -0.4 is 0 Å². The summed E-state index contributed by atoms with van der Waals surface area (Å²) in [6.45, 7) is 1.62. The molecule has 0 atom stereocenters. The number of thioether (sulfide) groups is 1. The maximum absolute atomic E-state index is 12.4. The van der Waals surface area contributed by atoms with Crippen molar-refractivity contribution in [3.63, 3.8) is 0 Å². The molecule has 0 aromatic heterocycles. The molecule has 22 heavy (non-hydrogen) atoms. The van der Waals surface area contributed by atoms with Crippen LogP contribution in [0.5, 0.6) is 0 Å². The maximum atomic E-state index is 12.4. The van der Waals surface area contributed by atoms with Crippen molar-refractivity contribution in [1.82, 2.24) is 4.90 Å². The van der Waals surface area contributed by atoms with Gasteiger partial charge in [-0.2, -0.15) is 8.42 Å². The number of allylic oxidation sites excluding steroid dienone is 1. The van der Waals surface area contributed by atoms with E-state index >= 15 is 0 Å². The molecule has 1 saturated heterocycles. The van der Waals surface area contributed by atoms with Crippen LogP contribution in [0.15, 0.2) is 29.2 Å². The second-order valence-electron chi connectivity index (χ2n) is 4.57. The molecular weight excluding hydrogens is 366 g/mol. The highest BCUT2D eigenvalue weighted by Crippen LogP contribution is 2.36. The van der Waals surface area contributed by atoms with Crippen molar-refractivity contribution in [3.8, 4) is 0 Å². The Morgan fingerprint density at radius 1 is 1.36 bits per heavy atom. The van der Waals surface area contributed by atoms with E-state index in [1.807, 2.05) is 0 Å². The minimum Gasteiger partial charge on any atom is -0.292 e. The first-order chi connectivity index (χ1) is 10.2. The lowest BCUT2D eigenvalue weighted by Crippen LogP contribution is -2.32. The third-order valence-electron chi connectivity index (χ3n) is 3.04. The molecule has 1 fully saturated rings. The number of rotatable bonds is 4. The summed E-state index contributed by atoms with van der Waals surface area (Å²) in [7, 11) is -4.15. The van der Waals surface area contributed by atoms with E-state index in [4.69, 9.17) is 28.4 Å². The van der Waals surface area contributed by atoms with Gasteiger partial charge in [-0.05, 0) is 30.2 Å². The van der Waals surface area contributed by atoms with E-state index in [0.717, 1.165) is 22.9 Å². The zero-order valence-corrected chi connectivity index (χ0v) is 14.7. The van der Waals surface area contributed by atoms with E-state index < -0.39 is 15.9 Å². The van der Waals surface area contributed by atoms with Gasteiger partial charge in [0.1, 0.15) is 4.32 Å². The van der Waals surface area contributed by atoms with Crippen molar-refractivity contribution in [1.29, 1.82) is 0 Å². The fourth-order valence-electron chi connectivity index (χ4n) is 1.86. The number of hydrogen-bond acceptors (Lipinski definition) is 5. The van der Waals surface area contributed by atoms with E-state index in [0.29, 0.717) is 9.93 Å². The molecule has 1 N–H and O–H groups in total. The summed E-state index contributed by atoms with van der Waals surface area (Å²) in [4.78, 5) is 14.0. The first kappa shape index (κ1) is 17.4. The number of thiocarbonyl (C=S) groups is 1. The van der Waals surface area contributed by atoms with Crippen LogP contribution >= 0.6 is 35.6 Å². The number of benzene rings is 1. The number of carbonyl (C=O) groups excluding carboxylic acids is 1. The molecule has 0 bridgehead atoms. The Bertz CT molecular complexity index is 756. The number of hydrogen-bond donors (Lipinski definition) is 1. The van der Waals surface area contributed by atoms with Gasteiger partial charge in [0, 0.05) is 11.6 Å². The molecule has 118 valence electrons. The Balaban J connectivity index is 2.26. The summed E-state index contributed by atoms with van der Waals surface area (Å²) in [6, 6.07) is 7.03. The lowest BCUT2D eigenvalue weighted by Gasteiger charge is -2.13. The molecule has 1 amide bonds. The first-order valence-corrected chi connectivity index (χ1v) is 9.36. The Morgan fingerprint density at radius 2 is 1.95 bits per heavy atom. The predicted octanol–water partition coefficient (Wildman–Crippen LogP) is 2.82. The Kier molecular flexibility index (Phi) is 5.29. The van der Waals surface area contributed by atoms with Crippen LogP contribution in [0.2, 0.25) is 5.02 Å². The highest BCUT2D eigenvalue weighted by Gasteiger charge is 2.34. The van der Waals surface area contributed by atoms with Gasteiger partial charge in [0.05, 0.1) is 10.7 Å². The van der Waals surface area contributed by atoms with Crippen molar-refractivity contribution in [3.05, 3.63) is 39.8 Å². The van der Waals surface area contributed by atoms with Gasteiger partial charge in [-0.15, -0.1) is 0 Å². The smallest absolute Gasteiger partial charge is 0.266 e. The second kappa shape index (κ2) is 6.67. The molecule has 1 aromatic rings. The summed E-state index contributed by atoms with van der Waals surface area (Å²) < 4.78 is 30.7. The quantitative estimate of drug-likeness (QED) is 0.494. The Hall–Kier alpha value is -0.930. The number of halogens is 1. The summed E-state index contributed by atoms with van der Waals surface area (Å²) in [5.74, 6) is -0.904. The molecule has 0 spiro atoms. The van der Waals surface area contributed by atoms with E-state index in [2.05, 4.69) is 0 Å². The summed E-state index contributed by atoms with van der Waals surface area (Å²) in [5.41, 5.74) is 1.57. The average molecular weight is 378 g/mol. The molecule has 1 aliphatic rings.